The maximum atomic E-state index is 11.8. The number of anilines is 1. The molecule has 0 spiro atoms. The van der Waals surface area contributed by atoms with Crippen LogP contribution in [0.5, 0.6) is 5.75 Å². The fourth-order valence-corrected chi connectivity index (χ4v) is 1.84. The van der Waals surface area contributed by atoms with Crippen LogP contribution in [0.25, 0.3) is 0 Å². The Hall–Kier alpha value is -1.55. The molecule has 106 valence electrons. The molecule has 0 aromatic heterocycles. The first-order valence-electron chi connectivity index (χ1n) is 6.63. The van der Waals surface area contributed by atoms with E-state index in [-0.39, 0.29) is 5.91 Å². The summed E-state index contributed by atoms with van der Waals surface area (Å²) in [6.45, 7) is 8.80. The van der Waals surface area contributed by atoms with Crippen molar-refractivity contribution in [2.75, 3.05) is 19.0 Å². The number of amides is 1. The van der Waals surface area contributed by atoms with Gasteiger partial charge in [0.2, 0.25) is 5.91 Å². The number of carbonyl (C=O) groups is 1. The Morgan fingerprint density at radius 3 is 2.53 bits per heavy atom. The molecule has 19 heavy (non-hydrogen) atoms. The molecule has 0 saturated carbocycles. The van der Waals surface area contributed by atoms with Gasteiger partial charge in [-0.15, -0.1) is 0 Å². The van der Waals surface area contributed by atoms with Gasteiger partial charge in [0.05, 0.1) is 7.11 Å². The molecule has 1 aromatic rings. The SMILES string of the molecule is COc1ccc(NC(=O)CCNC(C)C)c(C)c1C. The molecule has 1 aromatic carbocycles. The molecule has 4 heteroatoms. The summed E-state index contributed by atoms with van der Waals surface area (Å²) in [6.07, 6.45) is 0.475. The van der Waals surface area contributed by atoms with E-state index < -0.39 is 0 Å². The first-order chi connectivity index (χ1) is 8.95. The summed E-state index contributed by atoms with van der Waals surface area (Å²) in [4.78, 5) is 11.8. The van der Waals surface area contributed by atoms with Gasteiger partial charge in [0.1, 0.15) is 5.75 Å². The Morgan fingerprint density at radius 1 is 1.26 bits per heavy atom. The summed E-state index contributed by atoms with van der Waals surface area (Å²) in [6, 6.07) is 4.16. The Bertz CT molecular complexity index is 442. The van der Waals surface area contributed by atoms with Gasteiger partial charge in [-0.3, -0.25) is 4.79 Å². The third-order valence-corrected chi connectivity index (χ3v) is 3.14. The highest BCUT2D eigenvalue weighted by Gasteiger charge is 2.09. The summed E-state index contributed by atoms with van der Waals surface area (Å²) in [7, 11) is 1.65. The van der Waals surface area contributed by atoms with Gasteiger partial charge in [-0.1, -0.05) is 13.8 Å². The third kappa shape index (κ3) is 4.56. The number of rotatable bonds is 6. The first kappa shape index (κ1) is 15.5. The minimum absolute atomic E-state index is 0.0285. The lowest BCUT2D eigenvalue weighted by Gasteiger charge is -2.14. The molecule has 0 atom stereocenters. The van der Waals surface area contributed by atoms with E-state index in [9.17, 15) is 4.79 Å². The van der Waals surface area contributed by atoms with E-state index >= 15 is 0 Å². The van der Waals surface area contributed by atoms with E-state index in [1.54, 1.807) is 7.11 Å². The molecule has 0 fully saturated rings. The van der Waals surface area contributed by atoms with Crippen molar-refractivity contribution in [3.05, 3.63) is 23.3 Å². The molecular weight excluding hydrogens is 240 g/mol. The first-order valence-corrected chi connectivity index (χ1v) is 6.63. The van der Waals surface area contributed by atoms with Gasteiger partial charge in [0.15, 0.2) is 0 Å². The fourth-order valence-electron chi connectivity index (χ4n) is 1.84. The van der Waals surface area contributed by atoms with E-state index in [1.807, 2.05) is 26.0 Å². The predicted molar refractivity (Wildman–Crippen MR) is 78.9 cm³/mol. The van der Waals surface area contributed by atoms with Crippen LogP contribution >= 0.6 is 0 Å². The van der Waals surface area contributed by atoms with Crippen molar-refractivity contribution < 1.29 is 9.53 Å². The molecular formula is C15H24N2O2. The quantitative estimate of drug-likeness (QED) is 0.830. The van der Waals surface area contributed by atoms with E-state index in [0.29, 0.717) is 19.0 Å². The van der Waals surface area contributed by atoms with Crippen LogP contribution in [0.3, 0.4) is 0 Å². The summed E-state index contributed by atoms with van der Waals surface area (Å²) in [5.41, 5.74) is 2.96. The maximum absolute atomic E-state index is 11.8. The predicted octanol–water partition coefficient (Wildman–Crippen LogP) is 2.64. The second-order valence-electron chi connectivity index (χ2n) is 4.97. The zero-order valence-corrected chi connectivity index (χ0v) is 12.5. The average molecular weight is 264 g/mol. The van der Waals surface area contributed by atoms with Gasteiger partial charge in [-0.2, -0.15) is 0 Å². The normalized spacial score (nSPS) is 10.6. The zero-order valence-electron chi connectivity index (χ0n) is 12.5. The number of nitrogens with one attached hydrogen (secondary N) is 2. The Balaban J connectivity index is 2.62. The van der Waals surface area contributed by atoms with Gasteiger partial charge in [-0.05, 0) is 37.1 Å². The van der Waals surface area contributed by atoms with Gasteiger partial charge in [-0.25, -0.2) is 0 Å². The van der Waals surface area contributed by atoms with Crippen LogP contribution < -0.4 is 15.4 Å². The van der Waals surface area contributed by atoms with E-state index in [2.05, 4.69) is 24.5 Å². The molecule has 2 N–H and O–H groups in total. The average Bonchev–Trinajstić information content (AvgIpc) is 2.35. The molecule has 0 heterocycles. The third-order valence-electron chi connectivity index (χ3n) is 3.14. The van der Waals surface area contributed by atoms with Crippen molar-refractivity contribution >= 4 is 11.6 Å². The lowest BCUT2D eigenvalue weighted by atomic mass is 10.1. The van der Waals surface area contributed by atoms with Gasteiger partial charge in [0.25, 0.3) is 0 Å². The van der Waals surface area contributed by atoms with E-state index in [1.165, 1.54) is 0 Å². The Morgan fingerprint density at radius 2 is 1.95 bits per heavy atom. The minimum atomic E-state index is 0.0285. The number of methoxy groups -OCH3 is 1. The molecule has 0 aliphatic carbocycles. The molecule has 1 rings (SSSR count). The molecule has 0 aliphatic heterocycles. The van der Waals surface area contributed by atoms with Crippen LogP contribution in [0, 0.1) is 13.8 Å². The highest BCUT2D eigenvalue weighted by Crippen LogP contribution is 2.27. The molecule has 0 saturated heterocycles. The number of carbonyl (C=O) groups excluding carboxylic acids is 1. The van der Waals surface area contributed by atoms with E-state index in [0.717, 1.165) is 22.6 Å². The standard InChI is InChI=1S/C15H24N2O2/c1-10(2)16-9-8-15(18)17-13-6-7-14(19-5)12(4)11(13)3/h6-7,10,16H,8-9H2,1-5H3,(H,17,18). The van der Waals surface area contributed by atoms with Gasteiger partial charge < -0.3 is 15.4 Å². The summed E-state index contributed by atoms with van der Waals surface area (Å²) in [5.74, 6) is 0.873. The van der Waals surface area contributed by atoms with Gasteiger partial charge >= 0.3 is 0 Å². The van der Waals surface area contributed by atoms with Crippen LogP contribution in [0.2, 0.25) is 0 Å². The lowest BCUT2D eigenvalue weighted by molar-refractivity contribution is -0.116. The van der Waals surface area contributed by atoms with Crippen molar-refractivity contribution in [3.63, 3.8) is 0 Å². The maximum Gasteiger partial charge on any atom is 0.225 e. The minimum Gasteiger partial charge on any atom is -0.496 e. The number of ether oxygens (including phenoxy) is 1. The van der Waals surface area contributed by atoms with Gasteiger partial charge in [0, 0.05) is 24.7 Å². The van der Waals surface area contributed by atoms with Crippen molar-refractivity contribution in [2.45, 2.75) is 40.2 Å². The molecule has 0 bridgehead atoms. The Kier molecular flexibility index (Phi) is 5.83. The largest absolute Gasteiger partial charge is 0.496 e. The van der Waals surface area contributed by atoms with Crippen LogP contribution in [0.15, 0.2) is 12.1 Å². The van der Waals surface area contributed by atoms with Crippen molar-refractivity contribution in [1.82, 2.24) is 5.32 Å². The number of hydrogen-bond acceptors (Lipinski definition) is 3. The highest BCUT2D eigenvalue weighted by molar-refractivity contribution is 5.92. The molecule has 0 aliphatic rings. The summed E-state index contributed by atoms with van der Waals surface area (Å²) in [5, 5.41) is 6.17. The van der Waals surface area contributed by atoms with Crippen molar-refractivity contribution in [1.29, 1.82) is 0 Å². The van der Waals surface area contributed by atoms with Crippen LogP contribution in [-0.2, 0) is 4.79 Å². The second kappa shape index (κ2) is 7.14. The molecule has 4 nitrogen and oxygen atoms in total. The van der Waals surface area contributed by atoms with Crippen LogP contribution in [0.1, 0.15) is 31.4 Å². The lowest BCUT2D eigenvalue weighted by Crippen LogP contribution is -2.27. The highest BCUT2D eigenvalue weighted by atomic mass is 16.5. The fraction of sp³-hybridized carbons (Fsp3) is 0.533. The summed E-state index contributed by atoms with van der Waals surface area (Å²) >= 11 is 0. The van der Waals surface area contributed by atoms with Crippen molar-refractivity contribution in [2.24, 2.45) is 0 Å². The zero-order chi connectivity index (χ0) is 14.4. The van der Waals surface area contributed by atoms with Crippen LogP contribution in [-0.4, -0.2) is 25.6 Å². The molecule has 1 amide bonds. The Labute approximate surface area is 115 Å². The number of benzene rings is 1. The molecule has 0 unspecified atom stereocenters. The topological polar surface area (TPSA) is 50.4 Å². The molecule has 0 radical (unpaired) electrons. The van der Waals surface area contributed by atoms with E-state index in [4.69, 9.17) is 4.74 Å². The second-order valence-corrected chi connectivity index (χ2v) is 4.97. The number of hydrogen-bond donors (Lipinski definition) is 2. The van der Waals surface area contributed by atoms with Crippen molar-refractivity contribution in [3.8, 4) is 5.75 Å². The smallest absolute Gasteiger partial charge is 0.225 e. The monoisotopic (exact) mass is 264 g/mol. The van der Waals surface area contributed by atoms with Crippen LogP contribution in [0.4, 0.5) is 5.69 Å². The summed E-state index contributed by atoms with van der Waals surface area (Å²) < 4.78 is 5.25.